The van der Waals surface area contributed by atoms with E-state index >= 15 is 0 Å². The van der Waals surface area contributed by atoms with E-state index in [1.807, 2.05) is 24.1 Å². The zero-order chi connectivity index (χ0) is 18.4. The average molecular weight is 362 g/mol. The number of likely N-dealkylation sites (tertiary alicyclic amines) is 2. The molecule has 2 aromatic heterocycles. The van der Waals surface area contributed by atoms with Gasteiger partial charge in [-0.3, -0.25) is 14.4 Å². The highest BCUT2D eigenvalue weighted by Gasteiger charge is 2.53. The average Bonchev–Trinajstić information content (AvgIpc) is 3.25. The van der Waals surface area contributed by atoms with Gasteiger partial charge in [0.25, 0.3) is 5.91 Å². The van der Waals surface area contributed by atoms with Crippen LogP contribution in [-0.4, -0.2) is 51.7 Å². The first-order valence-corrected chi connectivity index (χ1v) is 9.24. The number of aromatic nitrogens is 2. The van der Waals surface area contributed by atoms with Crippen molar-refractivity contribution in [3.8, 4) is 11.3 Å². The molecule has 2 saturated heterocycles. The fourth-order valence-corrected chi connectivity index (χ4v) is 4.39. The molecule has 0 aliphatic carbocycles. The van der Waals surface area contributed by atoms with Gasteiger partial charge in [-0.05, 0) is 11.6 Å². The van der Waals surface area contributed by atoms with Gasteiger partial charge in [-0.15, -0.1) is 0 Å². The number of aryl methyl sites for hydroxylation is 1. The molecule has 0 saturated carbocycles. The Balaban J connectivity index is 1.22. The van der Waals surface area contributed by atoms with Gasteiger partial charge < -0.3 is 9.32 Å². The monoisotopic (exact) mass is 362 g/mol. The summed E-state index contributed by atoms with van der Waals surface area (Å²) in [6.45, 7) is 4.78. The lowest BCUT2D eigenvalue weighted by molar-refractivity contribution is -0.102. The molecule has 0 radical (unpaired) electrons. The van der Waals surface area contributed by atoms with Crippen molar-refractivity contribution in [1.29, 1.82) is 0 Å². The van der Waals surface area contributed by atoms with Crippen LogP contribution in [0.5, 0.6) is 0 Å². The number of amides is 1. The third-order valence-corrected chi connectivity index (χ3v) is 5.56. The van der Waals surface area contributed by atoms with Crippen LogP contribution < -0.4 is 0 Å². The summed E-state index contributed by atoms with van der Waals surface area (Å²) < 4.78 is 6.84. The van der Waals surface area contributed by atoms with Crippen molar-refractivity contribution in [2.75, 3.05) is 26.2 Å². The Labute approximate surface area is 158 Å². The minimum absolute atomic E-state index is 0.0615. The molecule has 138 valence electrons. The summed E-state index contributed by atoms with van der Waals surface area (Å²) in [6.07, 6.45) is 5.04. The van der Waals surface area contributed by atoms with Crippen LogP contribution in [0, 0.1) is 5.41 Å². The molecule has 0 N–H and O–H groups in total. The lowest BCUT2D eigenvalue weighted by atomic mass is 9.72. The maximum atomic E-state index is 13.0. The van der Waals surface area contributed by atoms with Gasteiger partial charge >= 0.3 is 0 Å². The molecule has 1 aromatic carbocycles. The topological polar surface area (TPSA) is 54.5 Å². The molecular formula is C21H22N4O2. The van der Waals surface area contributed by atoms with Gasteiger partial charge in [-0.25, -0.2) is 0 Å². The van der Waals surface area contributed by atoms with Crippen molar-refractivity contribution in [3.63, 3.8) is 0 Å². The molecule has 27 heavy (non-hydrogen) atoms. The number of furan rings is 1. The minimum atomic E-state index is 0.0615. The summed E-state index contributed by atoms with van der Waals surface area (Å²) in [4.78, 5) is 17.4. The van der Waals surface area contributed by atoms with Crippen molar-refractivity contribution in [2.45, 2.75) is 6.54 Å². The minimum Gasteiger partial charge on any atom is -0.472 e. The Kier molecular flexibility index (Phi) is 3.68. The molecule has 1 spiro atoms. The van der Waals surface area contributed by atoms with Gasteiger partial charge in [-0.1, -0.05) is 30.3 Å². The number of nitrogens with zero attached hydrogens (tertiary/aromatic N) is 4. The fourth-order valence-electron chi connectivity index (χ4n) is 4.39. The Morgan fingerprint density at radius 1 is 1.15 bits per heavy atom. The quantitative estimate of drug-likeness (QED) is 0.716. The van der Waals surface area contributed by atoms with E-state index in [0.29, 0.717) is 11.3 Å². The molecule has 6 nitrogen and oxygen atoms in total. The van der Waals surface area contributed by atoms with E-state index in [9.17, 15) is 4.79 Å². The van der Waals surface area contributed by atoms with E-state index in [-0.39, 0.29) is 11.3 Å². The molecular weight excluding hydrogens is 340 g/mol. The van der Waals surface area contributed by atoms with Crippen LogP contribution in [-0.2, 0) is 13.6 Å². The second-order valence-electron chi connectivity index (χ2n) is 7.87. The lowest BCUT2D eigenvalue weighted by Gasteiger charge is -2.60. The molecule has 4 heterocycles. The first-order valence-electron chi connectivity index (χ1n) is 9.24. The number of hydrogen-bond acceptors (Lipinski definition) is 4. The van der Waals surface area contributed by atoms with Crippen molar-refractivity contribution in [2.24, 2.45) is 12.5 Å². The second kappa shape index (κ2) is 6.09. The molecule has 0 bridgehead atoms. The predicted octanol–water partition coefficient (Wildman–Crippen LogP) is 2.64. The summed E-state index contributed by atoms with van der Waals surface area (Å²) in [7, 11) is 1.84. The molecule has 3 aromatic rings. The lowest BCUT2D eigenvalue weighted by Crippen LogP contribution is -2.72. The van der Waals surface area contributed by atoms with Crippen LogP contribution in [0.2, 0.25) is 0 Å². The molecule has 5 rings (SSSR count). The zero-order valence-electron chi connectivity index (χ0n) is 15.3. The summed E-state index contributed by atoms with van der Waals surface area (Å²) in [6, 6.07) is 12.4. The number of benzene rings is 1. The first-order chi connectivity index (χ1) is 13.1. The van der Waals surface area contributed by atoms with E-state index in [1.54, 1.807) is 23.4 Å². The molecule has 0 unspecified atom stereocenters. The fraction of sp³-hybridized carbons (Fsp3) is 0.333. The Morgan fingerprint density at radius 3 is 2.63 bits per heavy atom. The largest absolute Gasteiger partial charge is 0.472 e. The van der Waals surface area contributed by atoms with Crippen molar-refractivity contribution in [1.82, 2.24) is 19.6 Å². The maximum absolute atomic E-state index is 13.0. The zero-order valence-corrected chi connectivity index (χ0v) is 15.3. The molecule has 0 atom stereocenters. The summed E-state index contributed by atoms with van der Waals surface area (Å²) in [5.41, 5.74) is 3.81. The number of carbonyl (C=O) groups is 1. The van der Waals surface area contributed by atoms with E-state index in [4.69, 9.17) is 4.42 Å². The van der Waals surface area contributed by atoms with E-state index < -0.39 is 0 Å². The van der Waals surface area contributed by atoms with E-state index in [2.05, 4.69) is 34.3 Å². The van der Waals surface area contributed by atoms with E-state index in [0.717, 1.165) is 38.3 Å². The summed E-state index contributed by atoms with van der Waals surface area (Å²) >= 11 is 0. The van der Waals surface area contributed by atoms with Crippen LogP contribution in [0.25, 0.3) is 11.3 Å². The SMILES string of the molecule is Cn1cc(C(=O)N2CC3(CN(Cc4ccccc4)C3)C2)c(-c2ccoc2)n1. The third kappa shape index (κ3) is 2.86. The number of rotatable bonds is 4. The van der Waals surface area contributed by atoms with Gasteiger partial charge in [0.05, 0.1) is 18.1 Å². The van der Waals surface area contributed by atoms with Crippen LogP contribution in [0.3, 0.4) is 0 Å². The van der Waals surface area contributed by atoms with Crippen molar-refractivity contribution >= 4 is 5.91 Å². The standard InChI is InChI=1S/C21H22N4O2/c1-23-10-18(19(22-23)17-7-8-27-11-17)20(26)25-14-21(15-25)12-24(13-21)9-16-5-3-2-4-6-16/h2-8,10-11H,9,12-15H2,1H3. The van der Waals surface area contributed by atoms with Crippen LogP contribution in [0.4, 0.5) is 0 Å². The second-order valence-corrected chi connectivity index (χ2v) is 7.87. The molecule has 1 amide bonds. The van der Waals surface area contributed by atoms with E-state index in [1.165, 1.54) is 5.56 Å². The number of carbonyl (C=O) groups excluding carboxylic acids is 1. The molecule has 2 aliphatic rings. The molecule has 2 fully saturated rings. The summed E-state index contributed by atoms with van der Waals surface area (Å²) in [5, 5.41) is 4.45. The first kappa shape index (κ1) is 16.3. The van der Waals surface area contributed by atoms with Gasteiger partial charge in [0, 0.05) is 56.9 Å². The maximum Gasteiger partial charge on any atom is 0.257 e. The number of hydrogen-bond donors (Lipinski definition) is 0. The Morgan fingerprint density at radius 2 is 1.93 bits per heavy atom. The normalized spacial score (nSPS) is 18.3. The van der Waals surface area contributed by atoms with Gasteiger partial charge in [-0.2, -0.15) is 5.10 Å². The van der Waals surface area contributed by atoms with Gasteiger partial charge in [0.15, 0.2) is 0 Å². The highest BCUT2D eigenvalue weighted by Crippen LogP contribution is 2.41. The predicted molar refractivity (Wildman–Crippen MR) is 101 cm³/mol. The van der Waals surface area contributed by atoms with Gasteiger partial charge in [0.2, 0.25) is 0 Å². The van der Waals surface area contributed by atoms with Crippen LogP contribution >= 0.6 is 0 Å². The van der Waals surface area contributed by atoms with Crippen LogP contribution in [0.15, 0.2) is 59.5 Å². The Hall–Kier alpha value is -2.86. The van der Waals surface area contributed by atoms with Crippen LogP contribution in [0.1, 0.15) is 15.9 Å². The molecule has 2 aliphatic heterocycles. The highest BCUT2D eigenvalue weighted by molar-refractivity contribution is 6.00. The van der Waals surface area contributed by atoms with Crippen molar-refractivity contribution < 1.29 is 9.21 Å². The Bertz CT molecular complexity index is 948. The summed E-state index contributed by atoms with van der Waals surface area (Å²) in [5.74, 6) is 0.0615. The smallest absolute Gasteiger partial charge is 0.257 e. The highest BCUT2D eigenvalue weighted by atomic mass is 16.3. The molecule has 6 heteroatoms. The van der Waals surface area contributed by atoms with Gasteiger partial charge in [0.1, 0.15) is 5.69 Å². The third-order valence-electron chi connectivity index (χ3n) is 5.56. The van der Waals surface area contributed by atoms with Crippen molar-refractivity contribution in [3.05, 3.63) is 66.2 Å².